The van der Waals surface area contributed by atoms with Crippen LogP contribution in [0.25, 0.3) is 0 Å². The molecule has 2 rings (SSSR count). The third-order valence-corrected chi connectivity index (χ3v) is 4.69. The van der Waals surface area contributed by atoms with Crippen LogP contribution >= 0.6 is 15.9 Å². The van der Waals surface area contributed by atoms with Crippen molar-refractivity contribution in [1.82, 2.24) is 5.32 Å². The highest BCUT2D eigenvalue weighted by molar-refractivity contribution is 9.09. The van der Waals surface area contributed by atoms with Gasteiger partial charge in [0.25, 0.3) is 0 Å². The SMILES string of the molecule is O=C(Cc1c(F)cccc1F)NC1(CBr)CCCC1. The molecule has 0 spiro atoms. The average molecular weight is 332 g/mol. The largest absolute Gasteiger partial charge is 0.350 e. The van der Waals surface area contributed by atoms with E-state index in [0.717, 1.165) is 25.7 Å². The maximum Gasteiger partial charge on any atom is 0.225 e. The molecule has 1 aliphatic rings. The summed E-state index contributed by atoms with van der Waals surface area (Å²) in [7, 11) is 0. The molecule has 104 valence electrons. The quantitative estimate of drug-likeness (QED) is 0.842. The molecule has 5 heteroatoms. The van der Waals surface area contributed by atoms with E-state index < -0.39 is 11.6 Å². The Kier molecular flexibility index (Phi) is 4.55. The summed E-state index contributed by atoms with van der Waals surface area (Å²) in [4.78, 5) is 12.0. The van der Waals surface area contributed by atoms with Gasteiger partial charge in [-0.15, -0.1) is 0 Å². The first-order valence-electron chi connectivity index (χ1n) is 6.36. The van der Waals surface area contributed by atoms with Crippen LogP contribution < -0.4 is 5.32 Å². The first-order valence-corrected chi connectivity index (χ1v) is 7.48. The van der Waals surface area contributed by atoms with Gasteiger partial charge in [0.15, 0.2) is 0 Å². The first kappa shape index (κ1) is 14.4. The topological polar surface area (TPSA) is 29.1 Å². The minimum atomic E-state index is -0.672. The van der Waals surface area contributed by atoms with Crippen LogP contribution in [0.15, 0.2) is 18.2 Å². The van der Waals surface area contributed by atoms with Gasteiger partial charge in [0.1, 0.15) is 11.6 Å². The van der Waals surface area contributed by atoms with Crippen molar-refractivity contribution in [2.45, 2.75) is 37.6 Å². The first-order chi connectivity index (χ1) is 9.06. The number of rotatable bonds is 4. The van der Waals surface area contributed by atoms with Crippen LogP contribution in [0, 0.1) is 11.6 Å². The summed E-state index contributed by atoms with van der Waals surface area (Å²) < 4.78 is 26.9. The third kappa shape index (κ3) is 3.32. The van der Waals surface area contributed by atoms with Crippen LogP contribution in [0.2, 0.25) is 0 Å². The number of hydrogen-bond acceptors (Lipinski definition) is 1. The Bertz CT molecular complexity index is 452. The summed E-state index contributed by atoms with van der Waals surface area (Å²) in [5, 5.41) is 3.60. The standard InChI is InChI=1S/C14H16BrF2NO/c15-9-14(6-1-2-7-14)18-13(19)8-10-11(16)4-3-5-12(10)17/h3-5H,1-2,6-9H2,(H,18,19). The zero-order valence-corrected chi connectivity index (χ0v) is 12.1. The maximum atomic E-state index is 13.5. The second-order valence-corrected chi connectivity index (χ2v) is 5.61. The van der Waals surface area contributed by atoms with Crippen LogP contribution in [0.4, 0.5) is 8.78 Å². The molecule has 0 heterocycles. The van der Waals surface area contributed by atoms with E-state index in [1.165, 1.54) is 18.2 Å². The van der Waals surface area contributed by atoms with Crippen LogP contribution in [0.1, 0.15) is 31.2 Å². The van der Waals surface area contributed by atoms with Crippen LogP contribution in [0.3, 0.4) is 0 Å². The monoisotopic (exact) mass is 331 g/mol. The van der Waals surface area contributed by atoms with Gasteiger partial charge in [-0.05, 0) is 25.0 Å². The number of alkyl halides is 1. The molecular formula is C14H16BrF2NO. The minimum Gasteiger partial charge on any atom is -0.350 e. The number of halogens is 3. The van der Waals surface area contributed by atoms with Crippen molar-refractivity contribution in [1.29, 1.82) is 0 Å². The van der Waals surface area contributed by atoms with Gasteiger partial charge in [-0.1, -0.05) is 34.8 Å². The smallest absolute Gasteiger partial charge is 0.225 e. The van der Waals surface area contributed by atoms with E-state index in [-0.39, 0.29) is 23.4 Å². The van der Waals surface area contributed by atoms with E-state index in [0.29, 0.717) is 5.33 Å². The molecule has 0 unspecified atom stereocenters. The Balaban J connectivity index is 2.05. The van der Waals surface area contributed by atoms with Gasteiger partial charge >= 0.3 is 0 Å². The molecule has 1 aromatic carbocycles. The van der Waals surface area contributed by atoms with E-state index in [2.05, 4.69) is 21.2 Å². The second kappa shape index (κ2) is 5.99. The lowest BCUT2D eigenvalue weighted by molar-refractivity contribution is -0.122. The molecule has 1 aromatic rings. The van der Waals surface area contributed by atoms with Crippen molar-refractivity contribution in [2.24, 2.45) is 0 Å². The molecule has 19 heavy (non-hydrogen) atoms. The molecule has 0 bridgehead atoms. The summed E-state index contributed by atoms with van der Waals surface area (Å²) in [5.41, 5.74) is -0.415. The summed E-state index contributed by atoms with van der Waals surface area (Å²) in [6.07, 6.45) is 3.70. The molecule has 0 radical (unpaired) electrons. The Morgan fingerprint density at radius 1 is 1.26 bits per heavy atom. The van der Waals surface area contributed by atoms with Gasteiger partial charge < -0.3 is 5.32 Å². The summed E-state index contributed by atoms with van der Waals surface area (Å²) >= 11 is 3.41. The molecule has 1 aliphatic carbocycles. The van der Waals surface area contributed by atoms with Crippen molar-refractivity contribution in [3.05, 3.63) is 35.4 Å². The summed E-state index contributed by atoms with van der Waals surface area (Å²) in [6.45, 7) is 0. The highest BCUT2D eigenvalue weighted by Crippen LogP contribution is 2.31. The molecule has 0 atom stereocenters. The summed E-state index contributed by atoms with van der Waals surface area (Å²) in [5.74, 6) is -1.67. The second-order valence-electron chi connectivity index (χ2n) is 5.05. The maximum absolute atomic E-state index is 13.5. The summed E-state index contributed by atoms with van der Waals surface area (Å²) in [6, 6.07) is 3.63. The van der Waals surface area contributed by atoms with Crippen molar-refractivity contribution in [2.75, 3.05) is 5.33 Å². The van der Waals surface area contributed by atoms with Gasteiger partial charge in [0.05, 0.1) is 6.42 Å². The van der Waals surface area contributed by atoms with E-state index in [1.54, 1.807) is 0 Å². The van der Waals surface area contributed by atoms with Crippen molar-refractivity contribution >= 4 is 21.8 Å². The Morgan fingerprint density at radius 2 is 1.84 bits per heavy atom. The third-order valence-electron chi connectivity index (χ3n) is 3.62. The highest BCUT2D eigenvalue weighted by atomic mass is 79.9. The van der Waals surface area contributed by atoms with E-state index >= 15 is 0 Å². The van der Waals surface area contributed by atoms with Gasteiger partial charge in [0.2, 0.25) is 5.91 Å². The van der Waals surface area contributed by atoms with Gasteiger partial charge in [-0.3, -0.25) is 4.79 Å². The van der Waals surface area contributed by atoms with Crippen molar-refractivity contribution < 1.29 is 13.6 Å². The fourth-order valence-electron chi connectivity index (χ4n) is 2.55. The van der Waals surface area contributed by atoms with E-state index in [9.17, 15) is 13.6 Å². The number of hydrogen-bond donors (Lipinski definition) is 1. The fraction of sp³-hybridized carbons (Fsp3) is 0.500. The Hall–Kier alpha value is -0.970. The molecule has 2 nitrogen and oxygen atoms in total. The molecule has 0 aromatic heterocycles. The Labute approximate surface area is 119 Å². The number of amides is 1. The van der Waals surface area contributed by atoms with Crippen LogP contribution in [-0.2, 0) is 11.2 Å². The van der Waals surface area contributed by atoms with E-state index in [1.807, 2.05) is 0 Å². The molecule has 0 aliphatic heterocycles. The van der Waals surface area contributed by atoms with Crippen molar-refractivity contribution in [3.8, 4) is 0 Å². The average Bonchev–Trinajstić information content (AvgIpc) is 2.83. The Morgan fingerprint density at radius 3 is 2.37 bits per heavy atom. The highest BCUT2D eigenvalue weighted by Gasteiger charge is 2.34. The lowest BCUT2D eigenvalue weighted by atomic mass is 10.00. The molecule has 1 fully saturated rings. The van der Waals surface area contributed by atoms with Gasteiger partial charge in [-0.2, -0.15) is 0 Å². The lowest BCUT2D eigenvalue weighted by Gasteiger charge is -2.28. The predicted molar refractivity (Wildman–Crippen MR) is 73.2 cm³/mol. The zero-order valence-electron chi connectivity index (χ0n) is 10.5. The van der Waals surface area contributed by atoms with Crippen LogP contribution in [0.5, 0.6) is 0 Å². The molecular weight excluding hydrogens is 316 g/mol. The molecule has 1 amide bonds. The van der Waals surface area contributed by atoms with Crippen LogP contribution in [-0.4, -0.2) is 16.8 Å². The normalized spacial score (nSPS) is 17.4. The van der Waals surface area contributed by atoms with E-state index in [4.69, 9.17) is 0 Å². The number of nitrogens with one attached hydrogen (secondary N) is 1. The number of benzene rings is 1. The predicted octanol–water partition coefficient (Wildman–Crippen LogP) is 3.33. The fourth-order valence-corrected chi connectivity index (χ4v) is 3.25. The lowest BCUT2D eigenvalue weighted by Crippen LogP contribution is -2.48. The number of carbonyl (C=O) groups excluding carboxylic acids is 1. The van der Waals surface area contributed by atoms with Gasteiger partial charge in [0, 0.05) is 16.4 Å². The number of carbonyl (C=O) groups is 1. The molecule has 1 N–H and O–H groups in total. The zero-order chi connectivity index (χ0) is 13.9. The molecule has 0 saturated heterocycles. The minimum absolute atomic E-state index is 0.164. The van der Waals surface area contributed by atoms with Crippen molar-refractivity contribution in [3.63, 3.8) is 0 Å². The molecule has 1 saturated carbocycles. The van der Waals surface area contributed by atoms with Gasteiger partial charge in [-0.25, -0.2) is 8.78 Å².